The van der Waals surface area contributed by atoms with Crippen molar-refractivity contribution in [2.24, 2.45) is 11.1 Å². The van der Waals surface area contributed by atoms with Crippen LogP contribution < -0.4 is 5.73 Å². The summed E-state index contributed by atoms with van der Waals surface area (Å²) in [5, 5.41) is 0. The molecule has 1 aliphatic carbocycles. The van der Waals surface area contributed by atoms with E-state index in [-0.39, 0.29) is 11.4 Å². The van der Waals surface area contributed by atoms with Gasteiger partial charge in [0.05, 0.1) is 12.0 Å². The van der Waals surface area contributed by atoms with Crippen LogP contribution in [0.3, 0.4) is 0 Å². The minimum atomic E-state index is -0.312. The van der Waals surface area contributed by atoms with Crippen LogP contribution in [0.4, 0.5) is 0 Å². The number of carbonyl (C=O) groups is 1. The molecule has 0 saturated heterocycles. The summed E-state index contributed by atoms with van der Waals surface area (Å²) in [5.74, 6) is -0.0744. The first-order valence-electron chi connectivity index (χ1n) is 5.12. The van der Waals surface area contributed by atoms with E-state index in [0.29, 0.717) is 13.2 Å². The van der Waals surface area contributed by atoms with E-state index in [1.165, 1.54) is 0 Å². The topological polar surface area (TPSA) is 52.3 Å². The van der Waals surface area contributed by atoms with Crippen LogP contribution in [0, 0.1) is 5.41 Å². The average molecular weight is 185 g/mol. The van der Waals surface area contributed by atoms with Crippen molar-refractivity contribution in [3.63, 3.8) is 0 Å². The van der Waals surface area contributed by atoms with Gasteiger partial charge in [0.15, 0.2) is 0 Å². The minimum absolute atomic E-state index is 0.0744. The van der Waals surface area contributed by atoms with E-state index >= 15 is 0 Å². The second-order valence-corrected chi connectivity index (χ2v) is 3.83. The molecule has 76 valence electrons. The van der Waals surface area contributed by atoms with Gasteiger partial charge in [0, 0.05) is 6.54 Å². The van der Waals surface area contributed by atoms with E-state index < -0.39 is 0 Å². The first-order chi connectivity index (χ1) is 6.25. The Hall–Kier alpha value is -0.570. The Morgan fingerprint density at radius 2 is 2.23 bits per heavy atom. The van der Waals surface area contributed by atoms with E-state index in [9.17, 15) is 4.79 Å². The number of ether oxygens (including phenoxy) is 1. The molecule has 1 fully saturated rings. The second kappa shape index (κ2) is 4.61. The van der Waals surface area contributed by atoms with Crippen LogP contribution in [0.5, 0.6) is 0 Å². The van der Waals surface area contributed by atoms with Crippen LogP contribution in [0.25, 0.3) is 0 Å². The minimum Gasteiger partial charge on any atom is -0.465 e. The zero-order valence-corrected chi connectivity index (χ0v) is 8.34. The van der Waals surface area contributed by atoms with Gasteiger partial charge in [-0.2, -0.15) is 0 Å². The third-order valence-corrected chi connectivity index (χ3v) is 2.87. The lowest BCUT2D eigenvalue weighted by Gasteiger charge is -2.37. The summed E-state index contributed by atoms with van der Waals surface area (Å²) >= 11 is 0. The van der Waals surface area contributed by atoms with Crippen molar-refractivity contribution in [1.82, 2.24) is 0 Å². The SMILES string of the molecule is CCCCOC(=O)C1(CN)CCC1. The zero-order chi connectivity index (χ0) is 9.73. The van der Waals surface area contributed by atoms with Gasteiger partial charge in [-0.15, -0.1) is 0 Å². The molecular formula is C10H19NO2. The number of nitrogens with two attached hydrogens (primary N) is 1. The monoisotopic (exact) mass is 185 g/mol. The van der Waals surface area contributed by atoms with Gasteiger partial charge in [-0.3, -0.25) is 4.79 Å². The van der Waals surface area contributed by atoms with Crippen LogP contribution in [0.2, 0.25) is 0 Å². The predicted molar refractivity (Wildman–Crippen MR) is 51.2 cm³/mol. The van der Waals surface area contributed by atoms with Crippen molar-refractivity contribution in [2.45, 2.75) is 39.0 Å². The Labute approximate surface area is 79.6 Å². The van der Waals surface area contributed by atoms with Gasteiger partial charge in [0.2, 0.25) is 0 Å². The van der Waals surface area contributed by atoms with Gasteiger partial charge in [0.25, 0.3) is 0 Å². The highest BCUT2D eigenvalue weighted by molar-refractivity contribution is 5.78. The second-order valence-electron chi connectivity index (χ2n) is 3.83. The molecule has 3 heteroatoms. The lowest BCUT2D eigenvalue weighted by Crippen LogP contribution is -2.45. The molecule has 1 saturated carbocycles. The molecule has 0 aromatic heterocycles. The largest absolute Gasteiger partial charge is 0.465 e. The quantitative estimate of drug-likeness (QED) is 0.521. The molecule has 0 spiro atoms. The van der Waals surface area contributed by atoms with E-state index in [0.717, 1.165) is 32.1 Å². The van der Waals surface area contributed by atoms with Gasteiger partial charge in [-0.05, 0) is 19.3 Å². The standard InChI is InChI=1S/C10H19NO2/c1-2-3-7-13-9(12)10(8-11)5-4-6-10/h2-8,11H2,1H3. The zero-order valence-electron chi connectivity index (χ0n) is 8.34. The van der Waals surface area contributed by atoms with Crippen LogP contribution in [-0.2, 0) is 9.53 Å². The fraction of sp³-hybridized carbons (Fsp3) is 0.900. The Morgan fingerprint density at radius 1 is 1.54 bits per heavy atom. The van der Waals surface area contributed by atoms with Crippen LogP contribution in [-0.4, -0.2) is 19.1 Å². The summed E-state index contributed by atoms with van der Waals surface area (Å²) < 4.78 is 5.16. The van der Waals surface area contributed by atoms with E-state index in [2.05, 4.69) is 6.92 Å². The number of carbonyl (C=O) groups excluding carboxylic acids is 1. The third kappa shape index (κ3) is 2.21. The van der Waals surface area contributed by atoms with Crippen LogP contribution in [0.1, 0.15) is 39.0 Å². The molecule has 0 aromatic rings. The van der Waals surface area contributed by atoms with Gasteiger partial charge in [0.1, 0.15) is 0 Å². The highest BCUT2D eigenvalue weighted by Gasteiger charge is 2.44. The lowest BCUT2D eigenvalue weighted by molar-refractivity contribution is -0.160. The van der Waals surface area contributed by atoms with Crippen molar-refractivity contribution >= 4 is 5.97 Å². The maximum atomic E-state index is 11.6. The molecule has 0 radical (unpaired) electrons. The molecule has 0 unspecified atom stereocenters. The normalized spacial score (nSPS) is 19.2. The van der Waals surface area contributed by atoms with Gasteiger partial charge >= 0.3 is 5.97 Å². The average Bonchev–Trinajstić information content (AvgIpc) is 2.04. The molecule has 0 aliphatic heterocycles. The Kier molecular flexibility index (Phi) is 3.72. The summed E-state index contributed by atoms with van der Waals surface area (Å²) in [6, 6.07) is 0. The maximum Gasteiger partial charge on any atom is 0.313 e. The summed E-state index contributed by atoms with van der Waals surface area (Å²) in [4.78, 5) is 11.6. The van der Waals surface area contributed by atoms with Crippen molar-refractivity contribution in [2.75, 3.05) is 13.2 Å². The first-order valence-corrected chi connectivity index (χ1v) is 5.12. The molecule has 2 N–H and O–H groups in total. The van der Waals surface area contributed by atoms with E-state index in [4.69, 9.17) is 10.5 Å². The fourth-order valence-electron chi connectivity index (χ4n) is 1.56. The number of hydrogen-bond acceptors (Lipinski definition) is 3. The molecule has 0 aromatic carbocycles. The Balaban J connectivity index is 2.28. The Bertz CT molecular complexity index is 170. The van der Waals surface area contributed by atoms with E-state index in [1.54, 1.807) is 0 Å². The van der Waals surface area contributed by atoms with Gasteiger partial charge in [-0.1, -0.05) is 19.8 Å². The first kappa shape index (κ1) is 10.5. The van der Waals surface area contributed by atoms with Crippen molar-refractivity contribution in [3.8, 4) is 0 Å². The molecule has 3 nitrogen and oxygen atoms in total. The number of esters is 1. The van der Waals surface area contributed by atoms with Gasteiger partial charge < -0.3 is 10.5 Å². The van der Waals surface area contributed by atoms with Crippen LogP contribution >= 0.6 is 0 Å². The third-order valence-electron chi connectivity index (χ3n) is 2.87. The highest BCUT2D eigenvalue weighted by atomic mass is 16.5. The Morgan fingerprint density at radius 3 is 2.62 bits per heavy atom. The summed E-state index contributed by atoms with van der Waals surface area (Å²) in [6.45, 7) is 3.07. The number of hydrogen-bond donors (Lipinski definition) is 1. The number of rotatable bonds is 5. The molecule has 0 bridgehead atoms. The summed E-state index contributed by atoms with van der Waals surface area (Å²) in [7, 11) is 0. The van der Waals surface area contributed by atoms with Crippen molar-refractivity contribution in [3.05, 3.63) is 0 Å². The molecule has 0 heterocycles. The maximum absolute atomic E-state index is 11.6. The fourth-order valence-corrected chi connectivity index (χ4v) is 1.56. The molecule has 1 aliphatic rings. The molecule has 1 rings (SSSR count). The van der Waals surface area contributed by atoms with E-state index in [1.807, 2.05) is 0 Å². The smallest absolute Gasteiger partial charge is 0.313 e. The van der Waals surface area contributed by atoms with Crippen molar-refractivity contribution < 1.29 is 9.53 Å². The molecular weight excluding hydrogens is 166 g/mol. The molecule has 0 amide bonds. The summed E-state index contributed by atoms with van der Waals surface area (Å²) in [6.07, 6.45) is 4.94. The van der Waals surface area contributed by atoms with Crippen molar-refractivity contribution in [1.29, 1.82) is 0 Å². The van der Waals surface area contributed by atoms with Gasteiger partial charge in [-0.25, -0.2) is 0 Å². The van der Waals surface area contributed by atoms with Crippen LogP contribution in [0.15, 0.2) is 0 Å². The lowest BCUT2D eigenvalue weighted by atomic mass is 9.69. The summed E-state index contributed by atoms with van der Waals surface area (Å²) in [5.41, 5.74) is 5.26. The number of unbranched alkanes of at least 4 members (excludes halogenated alkanes) is 1. The predicted octanol–water partition coefficient (Wildman–Crippen LogP) is 1.46. The molecule has 0 atom stereocenters. The highest BCUT2D eigenvalue weighted by Crippen LogP contribution is 2.40. The molecule has 13 heavy (non-hydrogen) atoms.